The van der Waals surface area contributed by atoms with Gasteiger partial charge in [0.2, 0.25) is 0 Å². The molecule has 1 amide bonds. The number of H-pyrrole nitrogens is 1. The van der Waals surface area contributed by atoms with Gasteiger partial charge in [0.15, 0.2) is 0 Å². The van der Waals surface area contributed by atoms with Gasteiger partial charge in [0.1, 0.15) is 11.6 Å². The van der Waals surface area contributed by atoms with E-state index in [2.05, 4.69) is 9.97 Å². The molecule has 0 aliphatic carbocycles. The Hall–Kier alpha value is -2.82. The van der Waals surface area contributed by atoms with Crippen LogP contribution in [-0.4, -0.2) is 32.4 Å². The molecule has 5 heteroatoms. The first kappa shape index (κ1) is 16.1. The number of nitrogens with zero attached hydrogens (tertiary/aromatic N) is 2. The summed E-state index contributed by atoms with van der Waals surface area (Å²) in [5.41, 5.74) is 3.08. The number of imidazole rings is 1. The molecule has 24 heavy (non-hydrogen) atoms. The highest BCUT2D eigenvalue weighted by Gasteiger charge is 2.17. The van der Waals surface area contributed by atoms with Crippen molar-refractivity contribution in [1.82, 2.24) is 14.9 Å². The molecular formula is C19H21N3O2. The SMILES string of the molecule is CCCN(Cc1ccccc1O)C(=O)c1ccc2nc(C)[nH]c2c1. The second kappa shape index (κ2) is 6.74. The number of aromatic nitrogens is 2. The molecular weight excluding hydrogens is 302 g/mol. The third kappa shape index (κ3) is 3.25. The van der Waals surface area contributed by atoms with Crippen molar-refractivity contribution >= 4 is 16.9 Å². The lowest BCUT2D eigenvalue weighted by Crippen LogP contribution is -2.31. The Balaban J connectivity index is 1.88. The fourth-order valence-corrected chi connectivity index (χ4v) is 2.83. The molecule has 0 bridgehead atoms. The van der Waals surface area contributed by atoms with Gasteiger partial charge in [-0.1, -0.05) is 25.1 Å². The highest BCUT2D eigenvalue weighted by molar-refractivity contribution is 5.97. The quantitative estimate of drug-likeness (QED) is 0.753. The maximum atomic E-state index is 12.9. The summed E-state index contributed by atoms with van der Waals surface area (Å²) < 4.78 is 0. The largest absolute Gasteiger partial charge is 0.508 e. The number of phenolic OH excluding ortho intramolecular Hbond substituents is 1. The number of rotatable bonds is 5. The van der Waals surface area contributed by atoms with E-state index in [0.29, 0.717) is 18.7 Å². The van der Waals surface area contributed by atoms with Crippen LogP contribution in [0.3, 0.4) is 0 Å². The summed E-state index contributed by atoms with van der Waals surface area (Å²) in [4.78, 5) is 22.2. The van der Waals surface area contributed by atoms with Gasteiger partial charge in [-0.05, 0) is 37.6 Å². The molecule has 0 aliphatic rings. The molecule has 2 aromatic carbocycles. The summed E-state index contributed by atoms with van der Waals surface area (Å²) in [6.07, 6.45) is 0.852. The first-order chi connectivity index (χ1) is 11.6. The van der Waals surface area contributed by atoms with Crippen LogP contribution in [0.5, 0.6) is 5.75 Å². The summed E-state index contributed by atoms with van der Waals surface area (Å²) in [7, 11) is 0. The molecule has 1 heterocycles. The lowest BCUT2D eigenvalue weighted by atomic mass is 10.1. The molecule has 0 saturated heterocycles. The Kier molecular flexibility index (Phi) is 4.51. The van der Waals surface area contributed by atoms with E-state index >= 15 is 0 Å². The highest BCUT2D eigenvalue weighted by Crippen LogP contribution is 2.20. The van der Waals surface area contributed by atoms with Gasteiger partial charge in [0.05, 0.1) is 11.0 Å². The Morgan fingerprint density at radius 2 is 2.04 bits per heavy atom. The number of carbonyl (C=O) groups excluding carboxylic acids is 1. The molecule has 3 aromatic rings. The molecule has 0 spiro atoms. The van der Waals surface area contributed by atoms with Crippen LogP contribution in [-0.2, 0) is 6.54 Å². The van der Waals surface area contributed by atoms with Crippen molar-refractivity contribution in [3.8, 4) is 5.75 Å². The number of aryl methyl sites for hydroxylation is 1. The van der Waals surface area contributed by atoms with Gasteiger partial charge >= 0.3 is 0 Å². The van der Waals surface area contributed by atoms with E-state index in [9.17, 15) is 9.90 Å². The Morgan fingerprint density at radius 3 is 2.79 bits per heavy atom. The first-order valence-electron chi connectivity index (χ1n) is 8.11. The van der Waals surface area contributed by atoms with Crippen molar-refractivity contribution in [2.45, 2.75) is 26.8 Å². The van der Waals surface area contributed by atoms with Crippen LogP contribution in [0.1, 0.15) is 35.1 Å². The standard InChI is InChI=1S/C19H21N3O2/c1-3-10-22(12-15-6-4-5-7-18(15)23)19(24)14-8-9-16-17(11-14)21-13(2)20-16/h4-9,11,23H,3,10,12H2,1-2H3,(H,20,21). The lowest BCUT2D eigenvalue weighted by molar-refractivity contribution is 0.0742. The van der Waals surface area contributed by atoms with E-state index in [4.69, 9.17) is 0 Å². The van der Waals surface area contributed by atoms with Crippen molar-refractivity contribution in [2.75, 3.05) is 6.54 Å². The zero-order chi connectivity index (χ0) is 17.1. The van der Waals surface area contributed by atoms with Gasteiger partial charge < -0.3 is 15.0 Å². The topological polar surface area (TPSA) is 69.2 Å². The third-order valence-electron chi connectivity index (χ3n) is 3.98. The average Bonchev–Trinajstić information content (AvgIpc) is 2.94. The number of aromatic hydroxyl groups is 1. The number of amides is 1. The molecule has 0 fully saturated rings. The van der Waals surface area contributed by atoms with Crippen molar-refractivity contribution < 1.29 is 9.90 Å². The molecule has 124 valence electrons. The zero-order valence-corrected chi connectivity index (χ0v) is 13.9. The molecule has 0 saturated carbocycles. The maximum Gasteiger partial charge on any atom is 0.254 e. The molecule has 0 aliphatic heterocycles. The number of benzene rings is 2. The summed E-state index contributed by atoms with van der Waals surface area (Å²) in [6, 6.07) is 12.6. The fraction of sp³-hybridized carbons (Fsp3) is 0.263. The number of carbonyl (C=O) groups is 1. The summed E-state index contributed by atoms with van der Waals surface area (Å²) in [5.74, 6) is 0.995. The number of nitrogens with one attached hydrogen (secondary N) is 1. The normalized spacial score (nSPS) is 10.9. The number of para-hydroxylation sites is 1. The second-order valence-corrected chi connectivity index (χ2v) is 5.91. The minimum Gasteiger partial charge on any atom is -0.508 e. The molecule has 3 rings (SSSR count). The van der Waals surface area contributed by atoms with E-state index in [-0.39, 0.29) is 11.7 Å². The van der Waals surface area contributed by atoms with Crippen LogP contribution in [0, 0.1) is 6.92 Å². The number of hydrogen-bond donors (Lipinski definition) is 2. The number of fused-ring (bicyclic) bond motifs is 1. The van der Waals surface area contributed by atoms with Gasteiger partial charge in [-0.2, -0.15) is 0 Å². The van der Waals surface area contributed by atoms with Crippen molar-refractivity contribution in [1.29, 1.82) is 0 Å². The average molecular weight is 323 g/mol. The van der Waals surface area contributed by atoms with E-state index in [1.54, 1.807) is 23.1 Å². The fourth-order valence-electron chi connectivity index (χ4n) is 2.83. The number of phenols is 1. The monoisotopic (exact) mass is 323 g/mol. The Bertz CT molecular complexity index is 870. The van der Waals surface area contributed by atoms with Gasteiger partial charge in [-0.25, -0.2) is 4.98 Å². The van der Waals surface area contributed by atoms with E-state index in [0.717, 1.165) is 28.8 Å². The molecule has 1 aromatic heterocycles. The summed E-state index contributed by atoms with van der Waals surface area (Å²) >= 11 is 0. The van der Waals surface area contributed by atoms with Gasteiger partial charge in [0.25, 0.3) is 5.91 Å². The van der Waals surface area contributed by atoms with Crippen LogP contribution >= 0.6 is 0 Å². The predicted molar refractivity (Wildman–Crippen MR) is 94.0 cm³/mol. The molecule has 0 radical (unpaired) electrons. The molecule has 0 unspecified atom stereocenters. The van der Waals surface area contributed by atoms with Gasteiger partial charge in [-0.3, -0.25) is 4.79 Å². The summed E-state index contributed by atoms with van der Waals surface area (Å²) in [5, 5.41) is 9.97. The Labute approximate surface area is 141 Å². The van der Waals surface area contributed by atoms with Crippen LogP contribution in [0.4, 0.5) is 0 Å². The van der Waals surface area contributed by atoms with E-state index in [1.165, 1.54) is 0 Å². The molecule has 0 atom stereocenters. The molecule has 5 nitrogen and oxygen atoms in total. The van der Waals surface area contributed by atoms with Gasteiger partial charge in [-0.15, -0.1) is 0 Å². The van der Waals surface area contributed by atoms with Crippen molar-refractivity contribution in [2.24, 2.45) is 0 Å². The van der Waals surface area contributed by atoms with Crippen LogP contribution in [0.2, 0.25) is 0 Å². The molecule has 2 N–H and O–H groups in total. The zero-order valence-electron chi connectivity index (χ0n) is 13.9. The highest BCUT2D eigenvalue weighted by atomic mass is 16.3. The maximum absolute atomic E-state index is 12.9. The van der Waals surface area contributed by atoms with Crippen LogP contribution < -0.4 is 0 Å². The van der Waals surface area contributed by atoms with Crippen LogP contribution in [0.25, 0.3) is 11.0 Å². The minimum atomic E-state index is -0.0470. The summed E-state index contributed by atoms with van der Waals surface area (Å²) in [6.45, 7) is 4.95. The number of hydrogen-bond acceptors (Lipinski definition) is 3. The van der Waals surface area contributed by atoms with Crippen LogP contribution in [0.15, 0.2) is 42.5 Å². The van der Waals surface area contributed by atoms with Crippen molar-refractivity contribution in [3.05, 3.63) is 59.4 Å². The second-order valence-electron chi connectivity index (χ2n) is 5.91. The van der Waals surface area contributed by atoms with Gasteiger partial charge in [0, 0.05) is 24.2 Å². The smallest absolute Gasteiger partial charge is 0.254 e. The van der Waals surface area contributed by atoms with E-state index < -0.39 is 0 Å². The first-order valence-corrected chi connectivity index (χ1v) is 8.11. The van der Waals surface area contributed by atoms with E-state index in [1.807, 2.05) is 38.1 Å². The minimum absolute atomic E-state index is 0.0470. The number of aromatic amines is 1. The lowest BCUT2D eigenvalue weighted by Gasteiger charge is -2.23. The van der Waals surface area contributed by atoms with Crippen molar-refractivity contribution in [3.63, 3.8) is 0 Å². The predicted octanol–water partition coefficient (Wildman–Crippen LogP) is 3.63. The Morgan fingerprint density at radius 1 is 1.25 bits per heavy atom. The third-order valence-corrected chi connectivity index (χ3v) is 3.98.